The molecule has 0 saturated heterocycles. The molecule has 1 aliphatic rings. The zero-order chi connectivity index (χ0) is 21.3. The van der Waals surface area contributed by atoms with Crippen LogP contribution in [0.5, 0.6) is 0 Å². The van der Waals surface area contributed by atoms with Gasteiger partial charge in [-0.3, -0.25) is 9.48 Å². The van der Waals surface area contributed by atoms with Gasteiger partial charge in [0.1, 0.15) is 5.82 Å². The maximum absolute atomic E-state index is 12.1. The van der Waals surface area contributed by atoms with Gasteiger partial charge in [0.15, 0.2) is 11.5 Å². The highest BCUT2D eigenvalue weighted by molar-refractivity contribution is 5.97. The highest BCUT2D eigenvalue weighted by Crippen LogP contribution is 2.27. The number of aliphatic hydroxyl groups excluding tert-OH is 1. The summed E-state index contributed by atoms with van der Waals surface area (Å²) in [7, 11) is 1.87. The van der Waals surface area contributed by atoms with E-state index in [0.29, 0.717) is 23.8 Å². The van der Waals surface area contributed by atoms with Crippen molar-refractivity contribution in [1.82, 2.24) is 19.7 Å². The number of aromatic nitrogens is 4. The molecule has 5 N–H and O–H groups in total. The molecule has 1 fully saturated rings. The predicted octanol–water partition coefficient (Wildman–Crippen LogP) is 2.48. The number of aryl methyl sites for hydroxylation is 2. The molecule has 0 unspecified atom stereocenters. The molecule has 0 atom stereocenters. The number of aliphatic hydroxyl groups is 1. The zero-order valence-electron chi connectivity index (χ0n) is 17.2. The van der Waals surface area contributed by atoms with Gasteiger partial charge in [0.25, 0.3) is 5.91 Å². The van der Waals surface area contributed by atoms with Crippen molar-refractivity contribution in [3.8, 4) is 0 Å². The lowest BCUT2D eigenvalue weighted by Crippen LogP contribution is -2.29. The van der Waals surface area contributed by atoms with E-state index in [1.807, 2.05) is 32.2 Å². The van der Waals surface area contributed by atoms with Crippen molar-refractivity contribution < 1.29 is 9.90 Å². The Morgan fingerprint density at radius 1 is 1.23 bits per heavy atom. The average Bonchev–Trinajstić information content (AvgIpc) is 3.10. The molecule has 0 spiro atoms. The van der Waals surface area contributed by atoms with Gasteiger partial charge in [0.2, 0.25) is 0 Å². The number of carbonyl (C=O) groups is 1. The molecule has 1 amide bonds. The van der Waals surface area contributed by atoms with Gasteiger partial charge in [0, 0.05) is 24.2 Å². The molecular formula is C21H27N7O2. The SMILES string of the molecule is CCc1nc(C(N)=O)c(Nc2ccc3cnn(C)c3c2)nc1N[C@H]1CC[C@H](O)CC1. The Hall–Kier alpha value is -3.20. The Morgan fingerprint density at radius 2 is 2.00 bits per heavy atom. The van der Waals surface area contributed by atoms with Crippen molar-refractivity contribution in [3.63, 3.8) is 0 Å². The third-order valence-corrected chi connectivity index (χ3v) is 5.59. The fourth-order valence-corrected chi connectivity index (χ4v) is 3.86. The molecule has 1 aromatic carbocycles. The quantitative estimate of drug-likeness (QED) is 0.492. The van der Waals surface area contributed by atoms with E-state index in [2.05, 4.69) is 20.7 Å². The standard InChI is InChI=1S/C21H27N7O2/c1-3-16-20(24-13-6-8-15(29)9-7-13)27-21(18(26-16)19(22)30)25-14-5-4-12-11-23-28(2)17(12)10-14/h4-5,10-11,13,15,29H,3,6-9H2,1-2H3,(H2,22,30)(H2,24,25,27)/t13-,15-. The van der Waals surface area contributed by atoms with Gasteiger partial charge in [-0.2, -0.15) is 5.10 Å². The summed E-state index contributed by atoms with van der Waals surface area (Å²) < 4.78 is 1.78. The number of hydrogen-bond acceptors (Lipinski definition) is 7. The maximum Gasteiger partial charge on any atom is 0.271 e. The van der Waals surface area contributed by atoms with Crippen LogP contribution in [0, 0.1) is 0 Å². The molecule has 1 saturated carbocycles. The van der Waals surface area contributed by atoms with Crippen LogP contribution in [0.4, 0.5) is 17.3 Å². The topological polar surface area (TPSA) is 131 Å². The lowest BCUT2D eigenvalue weighted by atomic mass is 9.93. The van der Waals surface area contributed by atoms with Gasteiger partial charge in [-0.05, 0) is 50.3 Å². The molecule has 4 rings (SSSR count). The van der Waals surface area contributed by atoms with Crippen LogP contribution in [0.25, 0.3) is 10.9 Å². The molecule has 9 nitrogen and oxygen atoms in total. The van der Waals surface area contributed by atoms with Crippen LogP contribution in [0.2, 0.25) is 0 Å². The number of benzene rings is 1. The van der Waals surface area contributed by atoms with Crippen LogP contribution >= 0.6 is 0 Å². The molecule has 0 radical (unpaired) electrons. The second kappa shape index (κ2) is 8.27. The van der Waals surface area contributed by atoms with Gasteiger partial charge >= 0.3 is 0 Å². The monoisotopic (exact) mass is 409 g/mol. The van der Waals surface area contributed by atoms with E-state index in [-0.39, 0.29) is 17.8 Å². The fraction of sp³-hybridized carbons (Fsp3) is 0.429. The number of nitrogens with zero attached hydrogens (tertiary/aromatic N) is 4. The highest BCUT2D eigenvalue weighted by Gasteiger charge is 2.23. The number of fused-ring (bicyclic) bond motifs is 1. The van der Waals surface area contributed by atoms with E-state index in [1.54, 1.807) is 10.9 Å². The number of hydrogen-bond donors (Lipinski definition) is 4. The van der Waals surface area contributed by atoms with Crippen molar-refractivity contribution in [2.24, 2.45) is 12.8 Å². The minimum Gasteiger partial charge on any atom is -0.393 e. The van der Waals surface area contributed by atoms with E-state index in [4.69, 9.17) is 10.7 Å². The molecule has 1 aliphatic carbocycles. The number of rotatable bonds is 6. The lowest BCUT2D eigenvalue weighted by molar-refractivity contribution is 0.0996. The number of primary amides is 1. The molecule has 9 heteroatoms. The smallest absolute Gasteiger partial charge is 0.271 e. The fourth-order valence-electron chi connectivity index (χ4n) is 3.86. The van der Waals surface area contributed by atoms with Crippen molar-refractivity contribution in [2.45, 2.75) is 51.2 Å². The lowest BCUT2D eigenvalue weighted by Gasteiger charge is -2.27. The second-order valence-corrected chi connectivity index (χ2v) is 7.75. The van der Waals surface area contributed by atoms with Crippen LogP contribution < -0.4 is 16.4 Å². The highest BCUT2D eigenvalue weighted by atomic mass is 16.3. The zero-order valence-corrected chi connectivity index (χ0v) is 17.2. The van der Waals surface area contributed by atoms with Gasteiger partial charge < -0.3 is 21.5 Å². The van der Waals surface area contributed by atoms with Gasteiger partial charge in [-0.25, -0.2) is 9.97 Å². The third kappa shape index (κ3) is 4.06. The Labute approximate surface area is 174 Å². The van der Waals surface area contributed by atoms with E-state index in [1.165, 1.54) is 0 Å². The van der Waals surface area contributed by atoms with E-state index >= 15 is 0 Å². The van der Waals surface area contributed by atoms with Crippen molar-refractivity contribution in [3.05, 3.63) is 35.8 Å². The minimum atomic E-state index is -0.631. The number of anilines is 3. The molecular weight excluding hydrogens is 382 g/mol. The summed E-state index contributed by atoms with van der Waals surface area (Å²) in [6, 6.07) is 6.01. The molecule has 3 aromatic rings. The Bertz CT molecular complexity index is 1070. The first-order chi connectivity index (χ1) is 14.4. The van der Waals surface area contributed by atoms with Crippen molar-refractivity contribution in [1.29, 1.82) is 0 Å². The number of amides is 1. The van der Waals surface area contributed by atoms with E-state index < -0.39 is 5.91 Å². The maximum atomic E-state index is 12.1. The van der Waals surface area contributed by atoms with Gasteiger partial charge in [0.05, 0.1) is 23.5 Å². The summed E-state index contributed by atoms with van der Waals surface area (Å²) >= 11 is 0. The second-order valence-electron chi connectivity index (χ2n) is 7.75. The summed E-state index contributed by atoms with van der Waals surface area (Å²) in [4.78, 5) is 21.3. The number of nitrogens with two attached hydrogens (primary N) is 1. The van der Waals surface area contributed by atoms with Crippen LogP contribution in [0.1, 0.15) is 48.8 Å². The van der Waals surface area contributed by atoms with Crippen molar-refractivity contribution in [2.75, 3.05) is 10.6 Å². The summed E-state index contributed by atoms with van der Waals surface area (Å²) in [5.41, 5.74) is 8.12. The van der Waals surface area contributed by atoms with Crippen LogP contribution in [-0.4, -0.2) is 42.9 Å². The first kappa shape index (κ1) is 20.1. The summed E-state index contributed by atoms with van der Waals surface area (Å²) in [5.74, 6) is 0.334. The molecule has 0 bridgehead atoms. The molecule has 2 heterocycles. The molecule has 30 heavy (non-hydrogen) atoms. The normalized spacial score (nSPS) is 19.0. The molecule has 158 valence electrons. The van der Waals surface area contributed by atoms with Gasteiger partial charge in [-0.1, -0.05) is 6.92 Å². The number of carbonyl (C=O) groups excluding carboxylic acids is 1. The van der Waals surface area contributed by atoms with Crippen LogP contribution in [0.15, 0.2) is 24.4 Å². The molecule has 2 aromatic heterocycles. The van der Waals surface area contributed by atoms with Crippen LogP contribution in [-0.2, 0) is 13.5 Å². The van der Waals surface area contributed by atoms with E-state index in [0.717, 1.165) is 42.3 Å². The predicted molar refractivity (Wildman–Crippen MR) is 116 cm³/mol. The molecule has 0 aliphatic heterocycles. The number of nitrogens with one attached hydrogen (secondary N) is 2. The van der Waals surface area contributed by atoms with Gasteiger partial charge in [-0.15, -0.1) is 0 Å². The average molecular weight is 409 g/mol. The summed E-state index contributed by atoms with van der Waals surface area (Å²) in [5, 5.41) is 21.7. The Morgan fingerprint density at radius 3 is 2.70 bits per heavy atom. The van der Waals surface area contributed by atoms with Crippen molar-refractivity contribution >= 4 is 34.1 Å². The summed E-state index contributed by atoms with van der Waals surface area (Å²) in [6.45, 7) is 1.97. The minimum absolute atomic E-state index is 0.113. The third-order valence-electron chi connectivity index (χ3n) is 5.59. The summed E-state index contributed by atoms with van der Waals surface area (Å²) in [6.07, 6.45) is 5.45. The first-order valence-electron chi connectivity index (χ1n) is 10.3. The van der Waals surface area contributed by atoms with Crippen LogP contribution in [0.3, 0.4) is 0 Å². The Kier molecular flexibility index (Phi) is 5.54. The first-order valence-corrected chi connectivity index (χ1v) is 10.3. The Balaban J connectivity index is 1.67. The largest absolute Gasteiger partial charge is 0.393 e. The van der Waals surface area contributed by atoms with E-state index in [9.17, 15) is 9.90 Å².